The van der Waals surface area contributed by atoms with Crippen LogP contribution in [0.25, 0.3) is 11.1 Å². The van der Waals surface area contributed by atoms with E-state index in [0.29, 0.717) is 17.0 Å². The van der Waals surface area contributed by atoms with E-state index < -0.39 is 5.63 Å². The highest BCUT2D eigenvalue weighted by Crippen LogP contribution is 2.29. The first-order chi connectivity index (χ1) is 10.5. The third-order valence-corrected chi connectivity index (χ3v) is 3.91. The Bertz CT molecular complexity index is 718. The molecular formula is C16H21N3O3. The number of nitrogens with zero attached hydrogens (tertiary/aromatic N) is 3. The standard InChI is InChI=1S/C16H21N3O3/c1-11(2)10-18-3-5-19(6-4-18)12-7-13(20)16-14(8-12)22-15(21)9-17-16/h7-9,11,20H,3-6,10H2,1-2H3. The highest BCUT2D eigenvalue weighted by atomic mass is 16.4. The fraction of sp³-hybridized carbons (Fsp3) is 0.500. The second-order valence-corrected chi connectivity index (χ2v) is 6.17. The van der Waals surface area contributed by atoms with E-state index in [9.17, 15) is 9.90 Å². The second kappa shape index (κ2) is 5.96. The van der Waals surface area contributed by atoms with Gasteiger partial charge in [-0.2, -0.15) is 0 Å². The molecule has 0 amide bonds. The summed E-state index contributed by atoms with van der Waals surface area (Å²) in [4.78, 5) is 19.9. The Kier molecular flexibility index (Phi) is 4.02. The van der Waals surface area contributed by atoms with Crippen molar-refractivity contribution in [1.29, 1.82) is 0 Å². The zero-order valence-electron chi connectivity index (χ0n) is 13.0. The Morgan fingerprint density at radius 1 is 1.27 bits per heavy atom. The number of phenolic OH excluding ortho intramolecular Hbond substituents is 1. The molecular weight excluding hydrogens is 282 g/mol. The van der Waals surface area contributed by atoms with Crippen molar-refractivity contribution in [3.8, 4) is 5.75 Å². The van der Waals surface area contributed by atoms with Crippen LogP contribution in [-0.2, 0) is 0 Å². The summed E-state index contributed by atoms with van der Waals surface area (Å²) >= 11 is 0. The zero-order chi connectivity index (χ0) is 15.7. The number of hydrogen-bond acceptors (Lipinski definition) is 6. The number of hydrogen-bond donors (Lipinski definition) is 1. The number of anilines is 1. The van der Waals surface area contributed by atoms with Crippen molar-refractivity contribution in [3.63, 3.8) is 0 Å². The molecule has 1 aliphatic heterocycles. The van der Waals surface area contributed by atoms with Gasteiger partial charge in [0.15, 0.2) is 5.58 Å². The Hall–Kier alpha value is -2.08. The van der Waals surface area contributed by atoms with Gasteiger partial charge in [0.05, 0.1) is 0 Å². The van der Waals surface area contributed by atoms with E-state index in [4.69, 9.17) is 4.42 Å². The lowest BCUT2D eigenvalue weighted by atomic mass is 10.1. The molecule has 6 nitrogen and oxygen atoms in total. The number of fused-ring (bicyclic) bond motifs is 1. The van der Waals surface area contributed by atoms with Crippen LogP contribution in [0.1, 0.15) is 13.8 Å². The first-order valence-corrected chi connectivity index (χ1v) is 7.63. The molecule has 0 atom stereocenters. The van der Waals surface area contributed by atoms with Gasteiger partial charge in [-0.25, -0.2) is 9.78 Å². The normalized spacial score (nSPS) is 16.6. The maximum Gasteiger partial charge on any atom is 0.354 e. The van der Waals surface area contributed by atoms with Crippen molar-refractivity contribution in [2.75, 3.05) is 37.6 Å². The van der Waals surface area contributed by atoms with Gasteiger partial charge in [-0.05, 0) is 5.92 Å². The van der Waals surface area contributed by atoms with E-state index in [2.05, 4.69) is 28.6 Å². The predicted molar refractivity (Wildman–Crippen MR) is 85.4 cm³/mol. The lowest BCUT2D eigenvalue weighted by Gasteiger charge is -2.36. The smallest absolute Gasteiger partial charge is 0.354 e. The lowest BCUT2D eigenvalue weighted by molar-refractivity contribution is 0.231. The molecule has 1 aromatic carbocycles. The molecule has 3 rings (SSSR count). The Morgan fingerprint density at radius 2 is 2.00 bits per heavy atom. The van der Waals surface area contributed by atoms with Crippen molar-refractivity contribution in [1.82, 2.24) is 9.88 Å². The van der Waals surface area contributed by atoms with E-state index >= 15 is 0 Å². The fourth-order valence-corrected chi connectivity index (χ4v) is 2.93. The SMILES string of the molecule is CC(C)CN1CCN(c2cc(O)c3ncc(=O)oc3c2)CC1. The molecule has 118 valence electrons. The van der Waals surface area contributed by atoms with Gasteiger partial charge in [0, 0.05) is 50.5 Å². The average Bonchev–Trinajstić information content (AvgIpc) is 2.46. The quantitative estimate of drug-likeness (QED) is 0.930. The molecule has 1 aromatic heterocycles. The maximum absolute atomic E-state index is 11.3. The first kappa shape index (κ1) is 14.8. The molecule has 0 bridgehead atoms. The molecule has 2 heterocycles. The van der Waals surface area contributed by atoms with Crippen molar-refractivity contribution >= 4 is 16.8 Å². The molecule has 1 N–H and O–H groups in total. The lowest BCUT2D eigenvalue weighted by Crippen LogP contribution is -2.47. The number of benzene rings is 1. The van der Waals surface area contributed by atoms with Gasteiger partial charge >= 0.3 is 5.63 Å². The fourth-order valence-electron chi connectivity index (χ4n) is 2.93. The van der Waals surface area contributed by atoms with Crippen LogP contribution >= 0.6 is 0 Å². The molecule has 0 unspecified atom stereocenters. The third-order valence-electron chi connectivity index (χ3n) is 3.91. The molecule has 0 saturated carbocycles. The van der Waals surface area contributed by atoms with Gasteiger partial charge in [-0.3, -0.25) is 4.90 Å². The second-order valence-electron chi connectivity index (χ2n) is 6.17. The molecule has 0 aliphatic carbocycles. The summed E-state index contributed by atoms with van der Waals surface area (Å²) in [5.74, 6) is 0.706. The molecule has 0 spiro atoms. The van der Waals surface area contributed by atoms with Crippen LogP contribution in [0.4, 0.5) is 5.69 Å². The average molecular weight is 303 g/mol. The van der Waals surface area contributed by atoms with Crippen LogP contribution < -0.4 is 10.5 Å². The van der Waals surface area contributed by atoms with E-state index in [1.54, 1.807) is 12.1 Å². The summed E-state index contributed by atoms with van der Waals surface area (Å²) in [7, 11) is 0. The number of rotatable bonds is 3. The monoisotopic (exact) mass is 303 g/mol. The van der Waals surface area contributed by atoms with E-state index in [1.165, 1.54) is 0 Å². The van der Waals surface area contributed by atoms with E-state index in [-0.39, 0.29) is 5.75 Å². The van der Waals surface area contributed by atoms with Gasteiger partial charge < -0.3 is 14.4 Å². The summed E-state index contributed by atoms with van der Waals surface area (Å²) in [6.07, 6.45) is 1.08. The largest absolute Gasteiger partial charge is 0.505 e. The molecule has 1 aliphatic rings. The van der Waals surface area contributed by atoms with E-state index in [1.807, 2.05) is 0 Å². The van der Waals surface area contributed by atoms with Gasteiger partial charge in [0.25, 0.3) is 0 Å². The van der Waals surface area contributed by atoms with E-state index in [0.717, 1.165) is 44.6 Å². The van der Waals surface area contributed by atoms with Crippen molar-refractivity contribution in [2.24, 2.45) is 5.92 Å². The van der Waals surface area contributed by atoms with Crippen molar-refractivity contribution in [2.45, 2.75) is 13.8 Å². The molecule has 1 fully saturated rings. The van der Waals surface area contributed by atoms with Crippen molar-refractivity contribution in [3.05, 3.63) is 28.7 Å². The van der Waals surface area contributed by atoms with Crippen LogP contribution in [0.15, 0.2) is 27.5 Å². The minimum atomic E-state index is -0.509. The highest BCUT2D eigenvalue weighted by molar-refractivity contribution is 5.83. The number of piperazine rings is 1. The molecule has 0 radical (unpaired) electrons. The molecule has 2 aromatic rings. The topological polar surface area (TPSA) is 69.8 Å². The van der Waals surface area contributed by atoms with Crippen LogP contribution in [0, 0.1) is 5.92 Å². The number of aromatic hydroxyl groups is 1. The molecule has 22 heavy (non-hydrogen) atoms. The minimum absolute atomic E-state index is 0.0425. The number of aromatic nitrogens is 1. The Balaban J connectivity index is 1.81. The zero-order valence-corrected chi connectivity index (χ0v) is 13.0. The van der Waals surface area contributed by atoms with Crippen LogP contribution in [0.3, 0.4) is 0 Å². The predicted octanol–water partition coefficient (Wildman–Crippen LogP) is 1.67. The first-order valence-electron chi connectivity index (χ1n) is 7.63. The summed E-state index contributed by atoms with van der Waals surface area (Å²) in [5, 5.41) is 10.1. The van der Waals surface area contributed by atoms with Gasteiger partial charge in [0.2, 0.25) is 0 Å². The summed E-state index contributed by atoms with van der Waals surface area (Å²) in [6, 6.07) is 3.47. The van der Waals surface area contributed by atoms with Gasteiger partial charge in [-0.15, -0.1) is 0 Å². The van der Waals surface area contributed by atoms with Crippen LogP contribution in [-0.4, -0.2) is 47.7 Å². The Labute approximate surface area is 129 Å². The summed E-state index contributed by atoms with van der Waals surface area (Å²) < 4.78 is 5.13. The molecule has 1 saturated heterocycles. The maximum atomic E-state index is 11.3. The highest BCUT2D eigenvalue weighted by Gasteiger charge is 2.19. The third kappa shape index (κ3) is 3.06. The van der Waals surface area contributed by atoms with Gasteiger partial charge in [-0.1, -0.05) is 13.8 Å². The van der Waals surface area contributed by atoms with Gasteiger partial charge in [0.1, 0.15) is 17.5 Å². The van der Waals surface area contributed by atoms with Crippen LogP contribution in [0.5, 0.6) is 5.75 Å². The van der Waals surface area contributed by atoms with Crippen molar-refractivity contribution < 1.29 is 9.52 Å². The summed E-state index contributed by atoms with van der Waals surface area (Å²) in [5.41, 5.74) is 1.00. The number of phenols is 1. The Morgan fingerprint density at radius 3 is 2.68 bits per heavy atom. The van der Waals surface area contributed by atoms with Crippen LogP contribution in [0.2, 0.25) is 0 Å². The minimum Gasteiger partial charge on any atom is -0.505 e. The summed E-state index contributed by atoms with van der Waals surface area (Å²) in [6.45, 7) is 9.33. The molecule has 6 heteroatoms.